The van der Waals surface area contributed by atoms with Crippen LogP contribution in [0.1, 0.15) is 11.5 Å². The smallest absolute Gasteiger partial charge is 0.204 e. The van der Waals surface area contributed by atoms with Crippen LogP contribution in [0.3, 0.4) is 0 Å². The van der Waals surface area contributed by atoms with Gasteiger partial charge in [0.05, 0.1) is 11.4 Å². The maximum atomic E-state index is 8.42. The van der Waals surface area contributed by atoms with E-state index in [0.717, 1.165) is 29.5 Å². The molecule has 0 bridgehead atoms. The van der Waals surface area contributed by atoms with Crippen LogP contribution in [0, 0.1) is 18.4 Å². The average molecular weight is 253 g/mol. The number of nitrogens with zero attached hydrogens (tertiary/aromatic N) is 3. The van der Waals surface area contributed by atoms with E-state index in [9.17, 15) is 0 Å². The third-order valence-electron chi connectivity index (χ3n) is 2.01. The zero-order valence-electron chi connectivity index (χ0n) is 9.86. The quantitative estimate of drug-likeness (QED) is 0.266. The molecule has 0 spiro atoms. The van der Waals surface area contributed by atoms with Gasteiger partial charge in [-0.2, -0.15) is 17.0 Å². The lowest BCUT2D eigenvalue weighted by Gasteiger charge is -2.06. The van der Waals surface area contributed by atoms with E-state index in [2.05, 4.69) is 20.6 Å². The number of hydrogen-bond acceptors (Lipinski definition) is 5. The number of aliphatic imine (C=N–C) groups is 1. The van der Waals surface area contributed by atoms with Gasteiger partial charge >= 0.3 is 0 Å². The zero-order chi connectivity index (χ0) is 12.5. The third-order valence-corrected chi connectivity index (χ3v) is 2.97. The second-order valence-electron chi connectivity index (χ2n) is 3.15. The number of aromatic nitrogens is 1. The van der Waals surface area contributed by atoms with Gasteiger partial charge in [-0.3, -0.25) is 10.3 Å². The first-order chi connectivity index (χ1) is 8.27. The molecule has 1 heterocycles. The first-order valence-corrected chi connectivity index (χ1v) is 6.26. The molecule has 0 unspecified atom stereocenters. The fourth-order valence-electron chi connectivity index (χ4n) is 1.10. The van der Waals surface area contributed by atoms with Crippen molar-refractivity contribution in [3.63, 3.8) is 0 Å². The predicted molar refractivity (Wildman–Crippen MR) is 67.5 cm³/mol. The highest BCUT2D eigenvalue weighted by Crippen LogP contribution is 2.14. The maximum Gasteiger partial charge on any atom is 0.204 e. The Kier molecular flexibility index (Phi) is 5.96. The summed E-state index contributed by atoms with van der Waals surface area (Å²) in [6, 6.07) is 0. The zero-order valence-corrected chi connectivity index (χ0v) is 10.7. The molecule has 1 aromatic heterocycles. The van der Waals surface area contributed by atoms with Gasteiger partial charge in [0.15, 0.2) is 12.6 Å². The number of nitriles is 1. The summed E-state index contributed by atoms with van der Waals surface area (Å²) in [6.45, 7) is 2.66. The Morgan fingerprint density at radius 2 is 2.53 bits per heavy atom. The first kappa shape index (κ1) is 13.4. The number of hydrogen-bond donors (Lipinski definition) is 2. The Morgan fingerprint density at radius 1 is 1.71 bits per heavy atom. The molecule has 1 aromatic rings. The molecule has 0 amide bonds. The molecule has 0 radical (unpaired) electrons. The maximum absolute atomic E-state index is 8.42. The van der Waals surface area contributed by atoms with E-state index in [4.69, 9.17) is 9.68 Å². The van der Waals surface area contributed by atoms with Crippen molar-refractivity contribution >= 4 is 17.7 Å². The molecule has 1 rings (SSSR count). The number of nitrogens with one attached hydrogen (secondary N) is 2. The van der Waals surface area contributed by atoms with Gasteiger partial charge < -0.3 is 9.73 Å². The van der Waals surface area contributed by atoms with E-state index in [1.54, 1.807) is 18.8 Å². The topological polar surface area (TPSA) is 86.2 Å². The lowest BCUT2D eigenvalue weighted by molar-refractivity contribution is 0.522. The van der Waals surface area contributed by atoms with Gasteiger partial charge in [-0.15, -0.1) is 0 Å². The van der Waals surface area contributed by atoms with Crippen molar-refractivity contribution in [1.29, 1.82) is 5.26 Å². The van der Waals surface area contributed by atoms with Gasteiger partial charge in [0, 0.05) is 19.3 Å². The van der Waals surface area contributed by atoms with Crippen LogP contribution < -0.4 is 10.6 Å². The summed E-state index contributed by atoms with van der Waals surface area (Å²) in [7, 11) is 1.62. The number of aryl methyl sites for hydroxylation is 1. The molecular weight excluding hydrogens is 238 g/mol. The molecule has 0 aliphatic rings. The molecular formula is C10H15N5OS. The van der Waals surface area contributed by atoms with Crippen LogP contribution in [0.2, 0.25) is 0 Å². The molecule has 0 fully saturated rings. The van der Waals surface area contributed by atoms with Crippen molar-refractivity contribution in [2.75, 3.05) is 19.3 Å². The van der Waals surface area contributed by atoms with E-state index in [1.165, 1.54) is 6.39 Å². The normalized spacial score (nSPS) is 11.0. The molecule has 0 saturated carbocycles. The van der Waals surface area contributed by atoms with Gasteiger partial charge in [-0.05, 0) is 6.92 Å². The summed E-state index contributed by atoms with van der Waals surface area (Å²) in [4.78, 5) is 7.89. The Hall–Kier alpha value is -1.68. The fraction of sp³-hybridized carbons (Fsp3) is 0.500. The summed E-state index contributed by atoms with van der Waals surface area (Å²) < 4.78 is 5.22. The lowest BCUT2D eigenvalue weighted by atomic mass is 10.4. The second-order valence-corrected chi connectivity index (χ2v) is 4.25. The molecule has 92 valence electrons. The van der Waals surface area contributed by atoms with Crippen LogP contribution in [0.15, 0.2) is 15.8 Å². The Labute approximate surface area is 105 Å². The molecule has 0 aromatic carbocycles. The van der Waals surface area contributed by atoms with E-state index in [-0.39, 0.29) is 0 Å². The van der Waals surface area contributed by atoms with Gasteiger partial charge in [0.25, 0.3) is 0 Å². The largest absolute Gasteiger partial charge is 0.447 e. The SMILES string of the molecule is CN=C(NC#N)NCCSCc1ocnc1C. The van der Waals surface area contributed by atoms with Gasteiger partial charge in [0.2, 0.25) is 5.96 Å². The highest BCUT2D eigenvalue weighted by molar-refractivity contribution is 7.98. The third kappa shape index (κ3) is 4.78. The van der Waals surface area contributed by atoms with Crippen LogP contribution in [0.5, 0.6) is 0 Å². The highest BCUT2D eigenvalue weighted by Gasteiger charge is 2.02. The summed E-state index contributed by atoms with van der Waals surface area (Å²) >= 11 is 1.73. The number of oxazole rings is 1. The minimum atomic E-state index is 0.490. The van der Waals surface area contributed by atoms with Crippen molar-refractivity contribution < 1.29 is 4.42 Å². The van der Waals surface area contributed by atoms with Crippen molar-refractivity contribution in [3.05, 3.63) is 17.8 Å². The van der Waals surface area contributed by atoms with Crippen molar-refractivity contribution in [3.8, 4) is 6.19 Å². The molecule has 0 atom stereocenters. The van der Waals surface area contributed by atoms with E-state index < -0.39 is 0 Å². The fourth-order valence-corrected chi connectivity index (χ4v) is 1.96. The van der Waals surface area contributed by atoms with E-state index >= 15 is 0 Å². The van der Waals surface area contributed by atoms with Crippen LogP contribution in [-0.2, 0) is 5.75 Å². The molecule has 0 aliphatic carbocycles. The molecule has 0 aliphatic heterocycles. The Balaban J connectivity index is 2.13. The number of rotatable bonds is 5. The summed E-state index contributed by atoms with van der Waals surface area (Å²) in [5.41, 5.74) is 0.937. The van der Waals surface area contributed by atoms with Crippen molar-refractivity contribution in [2.24, 2.45) is 4.99 Å². The Morgan fingerprint density at radius 3 is 3.12 bits per heavy atom. The molecule has 0 saturated heterocycles. The van der Waals surface area contributed by atoms with Crippen LogP contribution in [-0.4, -0.2) is 30.3 Å². The number of thioether (sulfide) groups is 1. The second kappa shape index (κ2) is 7.57. The van der Waals surface area contributed by atoms with Crippen LogP contribution in [0.25, 0.3) is 0 Å². The average Bonchev–Trinajstić information content (AvgIpc) is 2.73. The molecule has 2 N–H and O–H groups in total. The van der Waals surface area contributed by atoms with Gasteiger partial charge in [-0.25, -0.2) is 4.98 Å². The first-order valence-electron chi connectivity index (χ1n) is 5.10. The molecule has 7 heteroatoms. The van der Waals surface area contributed by atoms with Crippen LogP contribution in [0.4, 0.5) is 0 Å². The summed E-state index contributed by atoms with van der Waals surface area (Å²) in [6.07, 6.45) is 3.28. The van der Waals surface area contributed by atoms with Crippen LogP contribution >= 0.6 is 11.8 Å². The highest BCUT2D eigenvalue weighted by atomic mass is 32.2. The molecule has 17 heavy (non-hydrogen) atoms. The number of guanidine groups is 1. The summed E-state index contributed by atoms with van der Waals surface area (Å²) in [5.74, 6) is 3.10. The van der Waals surface area contributed by atoms with E-state index in [1.807, 2.05) is 13.1 Å². The predicted octanol–water partition coefficient (Wildman–Crippen LogP) is 0.862. The van der Waals surface area contributed by atoms with Crippen molar-refractivity contribution in [2.45, 2.75) is 12.7 Å². The van der Waals surface area contributed by atoms with Crippen molar-refractivity contribution in [1.82, 2.24) is 15.6 Å². The Bertz CT molecular complexity index is 409. The summed E-state index contributed by atoms with van der Waals surface area (Å²) in [5, 5.41) is 13.9. The lowest BCUT2D eigenvalue weighted by Crippen LogP contribution is -2.35. The van der Waals surface area contributed by atoms with Gasteiger partial charge in [-0.1, -0.05) is 0 Å². The minimum Gasteiger partial charge on any atom is -0.447 e. The standard InChI is InChI=1S/C10H15N5OS/c1-8-9(16-7-15-8)5-17-4-3-13-10(12-2)14-6-11/h7H,3-5H2,1-2H3,(H2,12,13,14). The molecule has 6 nitrogen and oxygen atoms in total. The van der Waals surface area contributed by atoms with Gasteiger partial charge in [0.1, 0.15) is 5.76 Å². The monoisotopic (exact) mass is 253 g/mol. The minimum absolute atomic E-state index is 0.490. The van der Waals surface area contributed by atoms with E-state index in [0.29, 0.717) is 5.96 Å².